The molecule has 0 atom stereocenters. The first-order chi connectivity index (χ1) is 42.6. The number of rotatable bonds is 8. The van der Waals surface area contributed by atoms with Crippen LogP contribution in [0.3, 0.4) is 0 Å². The second kappa shape index (κ2) is 23.7. The SMILES string of the molecule is C1=Cc2nc1c(N=Nc1c3nc(c(-c4ccccc4)c4ccc([n-]4)c(-c4ccccc4)c4nc(c(-c5ccccc5)c5ccc1[n-]5)C=C4)C=C3)c1ccc([n-]1)c(-c1ccccc1)c1nc(c(-c3ccccc3)c3ccc([n-]3)c2-c2ccccc2)C=C1.[Zn+2].[Zn+2]. The third-order valence-electron chi connectivity index (χ3n) is 15.8. The van der Waals surface area contributed by atoms with Crippen LogP contribution in [0.15, 0.2) is 241 Å². The van der Waals surface area contributed by atoms with E-state index in [1.165, 1.54) is 0 Å². The first-order valence-corrected chi connectivity index (χ1v) is 28.5. The number of benzene rings is 6. The number of hydrogen-bond donors (Lipinski definition) is 0. The van der Waals surface area contributed by atoms with Gasteiger partial charge in [-0.3, -0.25) is 0 Å². The zero-order valence-corrected chi connectivity index (χ0v) is 53.4. The van der Waals surface area contributed by atoms with Gasteiger partial charge in [0.25, 0.3) is 0 Å². The molecular weight excluding hydrogens is 1180 g/mol. The van der Waals surface area contributed by atoms with E-state index >= 15 is 0 Å². The van der Waals surface area contributed by atoms with E-state index < -0.39 is 0 Å². The first kappa shape index (κ1) is 55.3. The Morgan fingerprint density at radius 3 is 0.580 bits per heavy atom. The number of hydrogen-bond acceptors (Lipinski definition) is 6. The Bertz CT molecular complexity index is 4800. The third-order valence-corrected chi connectivity index (χ3v) is 15.8. The topological polar surface area (TPSA) is 133 Å². The smallest absolute Gasteiger partial charge is 0.657 e. The minimum absolute atomic E-state index is 0. The van der Waals surface area contributed by atoms with Gasteiger partial charge in [0.15, 0.2) is 0 Å². The number of aromatic nitrogens is 8. The van der Waals surface area contributed by atoms with E-state index in [1.807, 2.05) is 158 Å². The summed E-state index contributed by atoms with van der Waals surface area (Å²) in [5.74, 6) is 0. The van der Waals surface area contributed by atoms with Gasteiger partial charge < -0.3 is 19.9 Å². The number of fused-ring (bicyclic) bond motifs is 16. The van der Waals surface area contributed by atoms with E-state index in [-0.39, 0.29) is 39.0 Å². The molecule has 4 aliphatic heterocycles. The van der Waals surface area contributed by atoms with Crippen LogP contribution in [0.1, 0.15) is 45.6 Å². The van der Waals surface area contributed by atoms with Crippen molar-refractivity contribution in [3.05, 3.63) is 276 Å². The van der Waals surface area contributed by atoms with E-state index in [2.05, 4.69) is 121 Å². The number of nitrogens with zero attached hydrogens (tertiary/aromatic N) is 10. The molecule has 0 amide bonds. The third kappa shape index (κ3) is 10.2. The van der Waals surface area contributed by atoms with Crippen molar-refractivity contribution in [3.63, 3.8) is 0 Å². The first-order valence-electron chi connectivity index (χ1n) is 28.5. The molecule has 6 aromatic carbocycles. The maximum absolute atomic E-state index is 5.45. The molecule has 0 aliphatic carbocycles. The van der Waals surface area contributed by atoms with Gasteiger partial charge in [-0.15, -0.1) is 54.4 Å². The van der Waals surface area contributed by atoms with E-state index in [0.717, 1.165) is 112 Å². The van der Waals surface area contributed by atoms with Crippen LogP contribution in [0.5, 0.6) is 0 Å². The summed E-state index contributed by atoms with van der Waals surface area (Å²) in [4.78, 5) is 43.5. The van der Waals surface area contributed by atoms with Crippen LogP contribution >= 0.6 is 0 Å². The fourth-order valence-corrected chi connectivity index (χ4v) is 11.9. The Balaban J connectivity index is 0.00000340. The van der Waals surface area contributed by atoms with Crippen molar-refractivity contribution >= 4 is 104 Å². The molecule has 16 rings (SSSR count). The Labute approximate surface area is 532 Å². The molecule has 4 aliphatic rings. The monoisotopic (exact) mass is 1230 g/mol. The molecule has 0 saturated heterocycles. The second-order valence-electron chi connectivity index (χ2n) is 21.1. The van der Waals surface area contributed by atoms with Gasteiger partial charge in [-0.2, -0.15) is 0 Å². The van der Waals surface area contributed by atoms with Gasteiger partial charge in [0.1, 0.15) is 0 Å². The van der Waals surface area contributed by atoms with Crippen LogP contribution in [0.4, 0.5) is 11.4 Å². The minimum Gasteiger partial charge on any atom is -0.657 e. The number of azo groups is 1. The molecule has 12 heteroatoms. The molecule has 0 fully saturated rings. The van der Waals surface area contributed by atoms with Gasteiger partial charge in [0, 0.05) is 0 Å². The Morgan fingerprint density at radius 2 is 0.364 bits per heavy atom. The molecule has 404 valence electrons. The van der Waals surface area contributed by atoms with Crippen LogP contribution in [-0.4, -0.2) is 19.9 Å². The summed E-state index contributed by atoms with van der Waals surface area (Å²) in [7, 11) is 0. The maximum atomic E-state index is 5.45. The van der Waals surface area contributed by atoms with Crippen LogP contribution in [0.2, 0.25) is 0 Å². The van der Waals surface area contributed by atoms with Crippen LogP contribution in [0.25, 0.3) is 160 Å². The van der Waals surface area contributed by atoms with Crippen molar-refractivity contribution in [2.75, 3.05) is 0 Å². The van der Waals surface area contributed by atoms with E-state index in [4.69, 9.17) is 50.1 Å². The van der Waals surface area contributed by atoms with Crippen LogP contribution < -0.4 is 19.9 Å². The summed E-state index contributed by atoms with van der Waals surface area (Å²) in [5, 5.41) is 10.6. The van der Waals surface area contributed by atoms with E-state index in [0.29, 0.717) is 56.2 Å². The molecule has 88 heavy (non-hydrogen) atoms. The van der Waals surface area contributed by atoms with Gasteiger partial charge >= 0.3 is 39.0 Å². The van der Waals surface area contributed by atoms with E-state index in [9.17, 15) is 0 Å². The Morgan fingerprint density at radius 1 is 0.193 bits per heavy atom. The molecule has 0 N–H and O–H groups in total. The Hall–Kier alpha value is -10.6. The van der Waals surface area contributed by atoms with Crippen molar-refractivity contribution < 1.29 is 39.0 Å². The maximum Gasteiger partial charge on any atom is 2.00 e. The minimum atomic E-state index is 0. The predicted octanol–water partition coefficient (Wildman–Crippen LogP) is 18.6. The molecule has 16 bridgehead atoms. The summed E-state index contributed by atoms with van der Waals surface area (Å²) in [6, 6.07) is 78.1. The fourth-order valence-electron chi connectivity index (χ4n) is 11.9. The van der Waals surface area contributed by atoms with Gasteiger partial charge in [-0.1, -0.05) is 231 Å². The quantitative estimate of drug-likeness (QED) is 0.108. The molecule has 0 spiro atoms. The molecule has 10 heterocycles. The molecule has 10 nitrogen and oxygen atoms in total. The standard InChI is InChI=1S/C76H46N10.2Zn/c1-7-19-47(20-8-1)69-53-31-35-57(77-53)71(49-23-11-3-12-24-49)61-39-43-65(81-61)75(66-44-40-62(82-66)72(50-25-13-4-14-26-50)58-36-32-54(69)78-58)85-86-76-67-45-41-63(83-67)73(51-27-15-5-16-28-51)59-37-33-55(79-59)70(48-21-9-2-10-22-48)56-34-38-60(80-56)74(52-29-17-6-18-30-52)64-42-46-68(76)84-64;;/h1-46H;;/q-4;2*+2. The van der Waals surface area contributed by atoms with Crippen molar-refractivity contribution in [2.45, 2.75) is 0 Å². The van der Waals surface area contributed by atoms with Crippen molar-refractivity contribution in [3.8, 4) is 66.8 Å². The molecular formula is C76H46N10Zn2. The van der Waals surface area contributed by atoms with Crippen molar-refractivity contribution in [1.82, 2.24) is 39.9 Å². The average molecular weight is 1230 g/mol. The predicted molar refractivity (Wildman–Crippen MR) is 350 cm³/mol. The zero-order valence-electron chi connectivity index (χ0n) is 47.4. The summed E-state index contributed by atoms with van der Waals surface area (Å²) < 4.78 is 0. The average Bonchev–Trinajstić information content (AvgIpc) is 2.90. The largest absolute Gasteiger partial charge is 2.00 e. The van der Waals surface area contributed by atoms with E-state index in [1.54, 1.807) is 0 Å². The molecule has 0 radical (unpaired) electrons. The van der Waals surface area contributed by atoms with Crippen molar-refractivity contribution in [1.29, 1.82) is 0 Å². The molecule has 0 unspecified atom stereocenters. The zero-order chi connectivity index (χ0) is 56.9. The van der Waals surface area contributed by atoms with Crippen LogP contribution in [0, 0.1) is 0 Å². The van der Waals surface area contributed by atoms with Crippen LogP contribution in [-0.2, 0) is 39.0 Å². The van der Waals surface area contributed by atoms with Gasteiger partial charge in [-0.25, -0.2) is 19.9 Å². The summed E-state index contributed by atoms with van der Waals surface area (Å²) >= 11 is 0. The fraction of sp³-hybridized carbons (Fsp3) is 0. The van der Waals surface area contributed by atoms with Crippen molar-refractivity contribution in [2.24, 2.45) is 10.2 Å². The van der Waals surface area contributed by atoms with Gasteiger partial charge in [0.2, 0.25) is 0 Å². The normalized spacial score (nSPS) is 12.1. The summed E-state index contributed by atoms with van der Waals surface area (Å²) in [6.45, 7) is 0. The second-order valence-corrected chi connectivity index (χ2v) is 21.1. The summed E-state index contributed by atoms with van der Waals surface area (Å²) in [6.07, 6.45) is 16.3. The molecule has 0 saturated carbocycles. The summed E-state index contributed by atoms with van der Waals surface area (Å²) in [5.41, 5.74) is 23.4. The van der Waals surface area contributed by atoms with Gasteiger partial charge in [0.05, 0.1) is 56.9 Å². The molecule has 12 aromatic rings. The molecule has 6 aromatic heterocycles. The Kier molecular flexibility index (Phi) is 14.9. The van der Waals surface area contributed by atoms with Gasteiger partial charge in [-0.05, 0) is 115 Å².